The van der Waals surface area contributed by atoms with E-state index in [1.54, 1.807) is 23.1 Å². The van der Waals surface area contributed by atoms with Crippen molar-refractivity contribution in [2.45, 2.75) is 18.9 Å². The number of hydrogen-bond donors (Lipinski definition) is 0. The van der Waals surface area contributed by atoms with Gasteiger partial charge in [0.2, 0.25) is 0 Å². The number of fused-ring (bicyclic) bond motifs is 1. The molecule has 1 aliphatic heterocycles. The van der Waals surface area contributed by atoms with Crippen LogP contribution in [0.4, 0.5) is 4.39 Å². The summed E-state index contributed by atoms with van der Waals surface area (Å²) in [6.07, 6.45) is 3.52. The number of halogens is 1. The molecule has 25 heavy (non-hydrogen) atoms. The van der Waals surface area contributed by atoms with E-state index in [1.165, 1.54) is 0 Å². The number of benzene rings is 1. The van der Waals surface area contributed by atoms with Gasteiger partial charge in [0.1, 0.15) is 17.1 Å². The molecule has 1 unspecified atom stereocenters. The van der Waals surface area contributed by atoms with Crippen LogP contribution in [0.15, 0.2) is 30.6 Å². The first-order chi connectivity index (χ1) is 12.2. The molecule has 3 aromatic rings. The molecule has 4 rings (SSSR count). The van der Waals surface area contributed by atoms with E-state index in [1.807, 2.05) is 0 Å². The maximum atomic E-state index is 12.9. The Labute approximate surface area is 146 Å². The molecule has 128 valence electrons. The number of ether oxygens (including phenoxy) is 1. The second-order valence-electron chi connectivity index (χ2n) is 5.78. The Morgan fingerprint density at radius 2 is 2.04 bits per heavy atom. The standard InChI is InChI=1S/C16H14FN5O2S/c17-11-7-18-16(19-8-11)24-12-2-1-5-22(9-12)15(23)10-3-4-13-14(6-10)21-25-20-13/h3-4,6-8,12H,1-2,5,9H2. The molecule has 3 heterocycles. The molecule has 1 amide bonds. The first-order valence-electron chi connectivity index (χ1n) is 7.85. The van der Waals surface area contributed by atoms with Gasteiger partial charge < -0.3 is 9.64 Å². The maximum absolute atomic E-state index is 12.9. The molecule has 9 heteroatoms. The minimum absolute atomic E-state index is 0.0665. The van der Waals surface area contributed by atoms with E-state index < -0.39 is 5.82 Å². The molecule has 1 fully saturated rings. The minimum atomic E-state index is -0.514. The zero-order valence-electron chi connectivity index (χ0n) is 13.1. The lowest BCUT2D eigenvalue weighted by atomic mass is 10.1. The fraction of sp³-hybridized carbons (Fsp3) is 0.312. The Balaban J connectivity index is 1.46. The fourth-order valence-electron chi connectivity index (χ4n) is 2.83. The first kappa shape index (κ1) is 15.8. The highest BCUT2D eigenvalue weighted by Gasteiger charge is 2.26. The summed E-state index contributed by atoms with van der Waals surface area (Å²) in [5, 5.41) is 0. The van der Waals surface area contributed by atoms with Crippen LogP contribution in [-0.4, -0.2) is 48.7 Å². The number of aromatic nitrogens is 4. The molecule has 0 spiro atoms. The number of amides is 1. The van der Waals surface area contributed by atoms with Crippen LogP contribution >= 0.6 is 11.7 Å². The minimum Gasteiger partial charge on any atom is -0.458 e. The third-order valence-electron chi connectivity index (χ3n) is 4.03. The van der Waals surface area contributed by atoms with Crippen LogP contribution in [0.5, 0.6) is 6.01 Å². The lowest BCUT2D eigenvalue weighted by Crippen LogP contribution is -2.44. The zero-order valence-corrected chi connectivity index (χ0v) is 13.9. The zero-order chi connectivity index (χ0) is 17.2. The number of nitrogens with zero attached hydrogens (tertiary/aromatic N) is 5. The van der Waals surface area contributed by atoms with Gasteiger partial charge in [0.15, 0.2) is 5.82 Å². The van der Waals surface area contributed by atoms with E-state index in [2.05, 4.69) is 18.7 Å². The van der Waals surface area contributed by atoms with Gasteiger partial charge in [0.05, 0.1) is 30.7 Å². The van der Waals surface area contributed by atoms with Gasteiger partial charge in [-0.1, -0.05) is 0 Å². The van der Waals surface area contributed by atoms with Crippen LogP contribution in [0, 0.1) is 5.82 Å². The number of carbonyl (C=O) groups is 1. The van der Waals surface area contributed by atoms with Gasteiger partial charge >= 0.3 is 6.01 Å². The highest BCUT2D eigenvalue weighted by molar-refractivity contribution is 7.00. The van der Waals surface area contributed by atoms with Gasteiger partial charge in [-0.25, -0.2) is 14.4 Å². The summed E-state index contributed by atoms with van der Waals surface area (Å²) in [4.78, 5) is 22.1. The molecular formula is C16H14FN5O2S. The van der Waals surface area contributed by atoms with Crippen molar-refractivity contribution in [3.05, 3.63) is 42.0 Å². The number of hydrogen-bond acceptors (Lipinski definition) is 7. The molecule has 0 bridgehead atoms. The molecule has 2 aromatic heterocycles. The number of rotatable bonds is 3. The van der Waals surface area contributed by atoms with Gasteiger partial charge in [-0.05, 0) is 31.0 Å². The molecule has 0 aliphatic carbocycles. The summed E-state index contributed by atoms with van der Waals surface area (Å²) in [5.41, 5.74) is 2.09. The summed E-state index contributed by atoms with van der Waals surface area (Å²) >= 11 is 1.13. The van der Waals surface area contributed by atoms with E-state index in [0.717, 1.165) is 48.0 Å². The second-order valence-corrected chi connectivity index (χ2v) is 6.31. The summed E-state index contributed by atoms with van der Waals surface area (Å²) < 4.78 is 26.9. The molecule has 7 nitrogen and oxygen atoms in total. The van der Waals surface area contributed by atoms with Crippen LogP contribution in [0.3, 0.4) is 0 Å². The van der Waals surface area contributed by atoms with Gasteiger partial charge in [0, 0.05) is 12.1 Å². The fourth-order valence-corrected chi connectivity index (χ4v) is 3.34. The van der Waals surface area contributed by atoms with Crippen molar-refractivity contribution >= 4 is 28.7 Å². The predicted octanol–water partition coefficient (Wildman–Crippen LogP) is 2.30. The lowest BCUT2D eigenvalue weighted by molar-refractivity contribution is 0.0515. The van der Waals surface area contributed by atoms with Crippen molar-refractivity contribution < 1.29 is 13.9 Å². The van der Waals surface area contributed by atoms with E-state index >= 15 is 0 Å². The van der Waals surface area contributed by atoms with E-state index in [4.69, 9.17) is 4.74 Å². The number of piperidine rings is 1. The Morgan fingerprint density at radius 3 is 2.88 bits per heavy atom. The van der Waals surface area contributed by atoms with Crippen molar-refractivity contribution in [1.29, 1.82) is 0 Å². The summed E-state index contributed by atoms with van der Waals surface area (Å²) in [6, 6.07) is 5.45. The SMILES string of the molecule is O=C(c1ccc2nsnc2c1)N1CCCC(Oc2ncc(F)cn2)C1. The Bertz CT molecular complexity index is 901. The monoisotopic (exact) mass is 359 g/mol. The second kappa shape index (κ2) is 6.67. The summed E-state index contributed by atoms with van der Waals surface area (Å²) in [7, 11) is 0. The molecule has 1 aromatic carbocycles. The topological polar surface area (TPSA) is 81.1 Å². The van der Waals surface area contributed by atoms with Gasteiger partial charge in [0.25, 0.3) is 5.91 Å². The van der Waals surface area contributed by atoms with Crippen LogP contribution < -0.4 is 4.74 Å². The van der Waals surface area contributed by atoms with E-state index in [-0.39, 0.29) is 18.0 Å². The maximum Gasteiger partial charge on any atom is 0.316 e. The first-order valence-corrected chi connectivity index (χ1v) is 8.58. The molecule has 1 atom stereocenters. The van der Waals surface area contributed by atoms with Crippen molar-refractivity contribution in [2.75, 3.05) is 13.1 Å². The quantitative estimate of drug-likeness (QED) is 0.714. The van der Waals surface area contributed by atoms with Crippen molar-refractivity contribution in [3.63, 3.8) is 0 Å². The summed E-state index contributed by atoms with van der Waals surface area (Å²) in [6.45, 7) is 1.10. The number of likely N-dealkylation sites (tertiary alicyclic amines) is 1. The van der Waals surface area contributed by atoms with Gasteiger partial charge in [-0.15, -0.1) is 0 Å². The van der Waals surface area contributed by atoms with E-state index in [0.29, 0.717) is 18.7 Å². The molecular weight excluding hydrogens is 345 g/mol. The van der Waals surface area contributed by atoms with Crippen LogP contribution in [0.1, 0.15) is 23.2 Å². The van der Waals surface area contributed by atoms with Crippen molar-refractivity contribution in [2.24, 2.45) is 0 Å². The Kier molecular flexibility index (Phi) is 4.22. The molecule has 1 aliphatic rings. The molecule has 0 saturated carbocycles. The highest BCUT2D eigenvalue weighted by Crippen LogP contribution is 2.19. The molecule has 0 radical (unpaired) electrons. The number of carbonyl (C=O) groups excluding carboxylic acids is 1. The summed E-state index contributed by atoms with van der Waals surface area (Å²) in [5.74, 6) is -0.581. The van der Waals surface area contributed by atoms with Gasteiger partial charge in [-0.2, -0.15) is 8.75 Å². The third kappa shape index (κ3) is 3.41. The average molecular weight is 359 g/mol. The molecule has 1 saturated heterocycles. The Morgan fingerprint density at radius 1 is 1.24 bits per heavy atom. The third-order valence-corrected chi connectivity index (χ3v) is 4.59. The van der Waals surface area contributed by atoms with Crippen LogP contribution in [0.25, 0.3) is 11.0 Å². The van der Waals surface area contributed by atoms with E-state index in [9.17, 15) is 9.18 Å². The average Bonchev–Trinajstić information content (AvgIpc) is 3.11. The Hall–Kier alpha value is -2.68. The smallest absolute Gasteiger partial charge is 0.316 e. The van der Waals surface area contributed by atoms with Crippen molar-refractivity contribution in [1.82, 2.24) is 23.6 Å². The normalized spacial score (nSPS) is 17.6. The van der Waals surface area contributed by atoms with Gasteiger partial charge in [-0.3, -0.25) is 4.79 Å². The van der Waals surface area contributed by atoms with Crippen LogP contribution in [0.2, 0.25) is 0 Å². The lowest BCUT2D eigenvalue weighted by Gasteiger charge is -2.32. The van der Waals surface area contributed by atoms with Crippen molar-refractivity contribution in [3.8, 4) is 6.01 Å². The highest BCUT2D eigenvalue weighted by atomic mass is 32.1. The largest absolute Gasteiger partial charge is 0.458 e. The van der Waals surface area contributed by atoms with Crippen LogP contribution in [-0.2, 0) is 0 Å². The molecule has 0 N–H and O–H groups in total. The predicted molar refractivity (Wildman–Crippen MR) is 89.0 cm³/mol.